The van der Waals surface area contributed by atoms with E-state index in [-0.39, 0.29) is 11.4 Å². The van der Waals surface area contributed by atoms with E-state index in [4.69, 9.17) is 11.5 Å². The van der Waals surface area contributed by atoms with Gasteiger partial charge in [0.15, 0.2) is 0 Å². The summed E-state index contributed by atoms with van der Waals surface area (Å²) < 4.78 is 0. The average Bonchev–Trinajstić information content (AvgIpc) is 2.45. The number of hydrogen-bond donors (Lipinski definition) is 2. The molecule has 1 amide bonds. The van der Waals surface area contributed by atoms with E-state index in [0.717, 1.165) is 19.3 Å². The van der Waals surface area contributed by atoms with E-state index in [1.807, 2.05) is 0 Å². The smallest absolute Gasteiger partial charge is 0.217 e. The third kappa shape index (κ3) is 2.01. The van der Waals surface area contributed by atoms with Gasteiger partial charge < -0.3 is 11.5 Å². The maximum absolute atomic E-state index is 10.2. The summed E-state index contributed by atoms with van der Waals surface area (Å²) in [5.74, 6) is -0.244. The number of carbonyl (C=O) groups excluding carboxylic acids is 1. The number of carbonyl (C=O) groups is 1. The molecule has 0 spiro atoms. The van der Waals surface area contributed by atoms with Gasteiger partial charge in [-0.05, 0) is 19.3 Å². The van der Waals surface area contributed by atoms with Crippen LogP contribution in [0.4, 0.5) is 0 Å². The normalized spacial score (nSPS) is 21.4. The van der Waals surface area contributed by atoms with Gasteiger partial charge in [-0.2, -0.15) is 0 Å². The van der Waals surface area contributed by atoms with Crippen molar-refractivity contribution in [3.63, 3.8) is 0 Å². The Morgan fingerprint density at radius 1 is 1.56 bits per heavy atom. The van der Waals surface area contributed by atoms with Gasteiger partial charge in [0, 0.05) is 12.0 Å². The van der Waals surface area contributed by atoms with E-state index < -0.39 is 0 Å². The molecular weight excluding hydrogens is 116 g/mol. The number of rotatable bonds is 3. The number of amides is 1. The molecule has 9 heavy (non-hydrogen) atoms. The van der Waals surface area contributed by atoms with Gasteiger partial charge in [0.1, 0.15) is 0 Å². The molecule has 1 fully saturated rings. The Kier molecular flexibility index (Phi) is 1.45. The van der Waals surface area contributed by atoms with Crippen LogP contribution in [0.5, 0.6) is 0 Å². The maximum Gasteiger partial charge on any atom is 0.217 e. The van der Waals surface area contributed by atoms with Crippen LogP contribution in [0.3, 0.4) is 0 Å². The molecule has 0 radical (unpaired) electrons. The van der Waals surface area contributed by atoms with Crippen molar-refractivity contribution < 1.29 is 4.79 Å². The van der Waals surface area contributed by atoms with E-state index in [1.54, 1.807) is 0 Å². The molecule has 0 atom stereocenters. The van der Waals surface area contributed by atoms with Gasteiger partial charge in [-0.15, -0.1) is 0 Å². The van der Waals surface area contributed by atoms with Crippen LogP contribution in [-0.4, -0.2) is 11.4 Å². The molecular formula is C6H12N2O. The molecule has 4 N–H and O–H groups in total. The van der Waals surface area contributed by atoms with Crippen LogP contribution >= 0.6 is 0 Å². The van der Waals surface area contributed by atoms with Gasteiger partial charge in [0.25, 0.3) is 0 Å². The molecule has 3 nitrogen and oxygen atoms in total. The molecule has 0 aliphatic heterocycles. The van der Waals surface area contributed by atoms with Gasteiger partial charge in [0.05, 0.1) is 0 Å². The van der Waals surface area contributed by atoms with Crippen LogP contribution in [0.25, 0.3) is 0 Å². The predicted molar refractivity (Wildman–Crippen MR) is 34.6 cm³/mol. The molecule has 0 heterocycles. The second kappa shape index (κ2) is 1.99. The second-order valence-corrected chi connectivity index (χ2v) is 2.83. The van der Waals surface area contributed by atoms with Crippen molar-refractivity contribution in [1.29, 1.82) is 0 Å². The van der Waals surface area contributed by atoms with E-state index in [9.17, 15) is 4.79 Å². The van der Waals surface area contributed by atoms with Crippen LogP contribution in [0, 0.1) is 0 Å². The molecule has 0 aromatic rings. The van der Waals surface area contributed by atoms with Crippen LogP contribution < -0.4 is 11.5 Å². The van der Waals surface area contributed by atoms with Crippen LogP contribution in [-0.2, 0) is 4.79 Å². The number of hydrogen-bond acceptors (Lipinski definition) is 2. The molecule has 1 saturated carbocycles. The summed E-state index contributed by atoms with van der Waals surface area (Å²) in [6.07, 6.45) is 3.32. The quantitative estimate of drug-likeness (QED) is 0.550. The summed E-state index contributed by atoms with van der Waals surface area (Å²) in [4.78, 5) is 10.2. The fourth-order valence-electron chi connectivity index (χ4n) is 0.783. The molecule has 0 unspecified atom stereocenters. The van der Waals surface area contributed by atoms with Gasteiger partial charge in [-0.25, -0.2) is 0 Å². The minimum absolute atomic E-state index is 0.0188. The van der Waals surface area contributed by atoms with Gasteiger partial charge in [0.2, 0.25) is 5.91 Å². The SMILES string of the molecule is NC(=O)CCC1(N)CC1. The Hall–Kier alpha value is -0.570. The highest BCUT2D eigenvalue weighted by atomic mass is 16.1. The zero-order valence-corrected chi connectivity index (χ0v) is 5.39. The fraction of sp³-hybridized carbons (Fsp3) is 0.833. The lowest BCUT2D eigenvalue weighted by molar-refractivity contribution is -0.118. The first-order chi connectivity index (χ1) is 4.12. The van der Waals surface area contributed by atoms with Crippen LogP contribution in [0.1, 0.15) is 25.7 Å². The molecule has 0 bridgehead atoms. The highest BCUT2D eigenvalue weighted by Crippen LogP contribution is 2.36. The first-order valence-corrected chi connectivity index (χ1v) is 3.20. The van der Waals surface area contributed by atoms with Crippen LogP contribution in [0.15, 0.2) is 0 Å². The van der Waals surface area contributed by atoms with Crippen molar-refractivity contribution in [2.75, 3.05) is 0 Å². The van der Waals surface area contributed by atoms with Gasteiger partial charge >= 0.3 is 0 Å². The molecule has 0 saturated heterocycles. The predicted octanol–water partition coefficient (Wildman–Crippen LogP) is -0.257. The van der Waals surface area contributed by atoms with Crippen molar-refractivity contribution in [3.05, 3.63) is 0 Å². The van der Waals surface area contributed by atoms with Gasteiger partial charge in [-0.1, -0.05) is 0 Å². The second-order valence-electron chi connectivity index (χ2n) is 2.83. The Balaban J connectivity index is 2.12. The van der Waals surface area contributed by atoms with E-state index in [2.05, 4.69) is 0 Å². The molecule has 3 heteroatoms. The third-order valence-corrected chi connectivity index (χ3v) is 1.76. The number of nitrogens with two attached hydrogens (primary N) is 2. The highest BCUT2D eigenvalue weighted by molar-refractivity contribution is 5.73. The third-order valence-electron chi connectivity index (χ3n) is 1.76. The lowest BCUT2D eigenvalue weighted by Gasteiger charge is -2.03. The minimum atomic E-state index is -0.244. The van der Waals surface area contributed by atoms with E-state index in [0.29, 0.717) is 6.42 Å². The van der Waals surface area contributed by atoms with Crippen molar-refractivity contribution in [2.24, 2.45) is 11.5 Å². The molecule has 52 valence electrons. The standard InChI is InChI=1S/C6H12N2O/c7-5(9)1-2-6(8)3-4-6/h1-4,8H2,(H2,7,9). The summed E-state index contributed by atoms with van der Waals surface area (Å²) in [5, 5.41) is 0. The molecule has 0 aromatic carbocycles. The molecule has 1 aliphatic rings. The zero-order valence-electron chi connectivity index (χ0n) is 5.39. The van der Waals surface area contributed by atoms with Crippen molar-refractivity contribution >= 4 is 5.91 Å². The molecule has 0 aromatic heterocycles. The fourth-order valence-corrected chi connectivity index (χ4v) is 0.783. The van der Waals surface area contributed by atoms with Crippen LogP contribution in [0.2, 0.25) is 0 Å². The number of primary amides is 1. The van der Waals surface area contributed by atoms with E-state index >= 15 is 0 Å². The molecule has 1 aliphatic carbocycles. The summed E-state index contributed by atoms with van der Waals surface area (Å²) in [5.41, 5.74) is 10.6. The Bertz CT molecular complexity index is 129. The highest BCUT2D eigenvalue weighted by Gasteiger charge is 2.37. The van der Waals surface area contributed by atoms with Gasteiger partial charge in [-0.3, -0.25) is 4.79 Å². The Morgan fingerprint density at radius 3 is 2.44 bits per heavy atom. The first kappa shape index (κ1) is 6.55. The minimum Gasteiger partial charge on any atom is -0.370 e. The topological polar surface area (TPSA) is 69.1 Å². The maximum atomic E-state index is 10.2. The molecule has 1 rings (SSSR count). The lowest BCUT2D eigenvalue weighted by atomic mass is 10.1. The van der Waals surface area contributed by atoms with E-state index in [1.165, 1.54) is 0 Å². The summed E-state index contributed by atoms with van der Waals surface area (Å²) >= 11 is 0. The van der Waals surface area contributed by atoms with Crippen molar-refractivity contribution in [1.82, 2.24) is 0 Å². The summed E-state index contributed by atoms with van der Waals surface area (Å²) in [7, 11) is 0. The monoisotopic (exact) mass is 128 g/mol. The lowest BCUT2D eigenvalue weighted by Crippen LogP contribution is -2.24. The average molecular weight is 128 g/mol. The Morgan fingerprint density at radius 2 is 2.11 bits per heavy atom. The summed E-state index contributed by atoms with van der Waals surface area (Å²) in [6, 6.07) is 0. The van der Waals surface area contributed by atoms with Crippen molar-refractivity contribution in [3.8, 4) is 0 Å². The van der Waals surface area contributed by atoms with Crippen molar-refractivity contribution in [2.45, 2.75) is 31.2 Å². The Labute approximate surface area is 54.4 Å². The largest absolute Gasteiger partial charge is 0.370 e. The zero-order chi connectivity index (χ0) is 6.91. The first-order valence-electron chi connectivity index (χ1n) is 3.20. The summed E-state index contributed by atoms with van der Waals surface area (Å²) in [6.45, 7) is 0.